The van der Waals surface area contributed by atoms with Gasteiger partial charge in [-0.2, -0.15) is 0 Å². The van der Waals surface area contributed by atoms with Gasteiger partial charge in [0.25, 0.3) is 5.69 Å². The summed E-state index contributed by atoms with van der Waals surface area (Å²) in [7, 11) is 0. The van der Waals surface area contributed by atoms with Gasteiger partial charge in [0.1, 0.15) is 0 Å². The molecule has 0 aromatic heterocycles. The number of rotatable bonds is 6. The van der Waals surface area contributed by atoms with E-state index in [1.54, 1.807) is 30.3 Å². The van der Waals surface area contributed by atoms with E-state index in [9.17, 15) is 20.3 Å². The third-order valence-corrected chi connectivity index (χ3v) is 4.19. The summed E-state index contributed by atoms with van der Waals surface area (Å²) >= 11 is 11.9. The number of aliphatic hydroxyl groups is 2. The molecule has 5 nitrogen and oxygen atoms in total. The van der Waals surface area contributed by atoms with Crippen molar-refractivity contribution in [1.82, 2.24) is 0 Å². The highest BCUT2D eigenvalue weighted by atomic mass is 35.5. The molecule has 2 aromatic rings. The highest BCUT2D eigenvalue weighted by Gasteiger charge is 2.20. The van der Waals surface area contributed by atoms with Crippen LogP contribution in [-0.2, 0) is 0 Å². The third kappa shape index (κ3) is 4.42. The largest absolute Gasteiger partial charge is 0.396 e. The monoisotopic (exact) mass is 355 g/mol. The Labute approximate surface area is 143 Å². The molecule has 2 rings (SSSR count). The predicted octanol–water partition coefficient (Wildman–Crippen LogP) is 4.10. The molecule has 0 radical (unpaired) electrons. The minimum Gasteiger partial charge on any atom is -0.396 e. The molecular formula is C16H15Cl2NO4. The molecule has 0 fully saturated rings. The Hall–Kier alpha value is -1.66. The van der Waals surface area contributed by atoms with Crippen LogP contribution in [0.25, 0.3) is 0 Å². The summed E-state index contributed by atoms with van der Waals surface area (Å²) in [6.07, 6.45) is -0.650. The van der Waals surface area contributed by atoms with E-state index in [4.69, 9.17) is 23.2 Å². The van der Waals surface area contributed by atoms with Crippen molar-refractivity contribution in [1.29, 1.82) is 0 Å². The van der Waals surface area contributed by atoms with E-state index >= 15 is 0 Å². The summed E-state index contributed by atoms with van der Waals surface area (Å²) in [6.45, 7) is -0.194. The second kappa shape index (κ2) is 7.75. The van der Waals surface area contributed by atoms with E-state index < -0.39 is 11.0 Å². The molecule has 23 heavy (non-hydrogen) atoms. The Morgan fingerprint density at radius 1 is 1.13 bits per heavy atom. The first-order chi connectivity index (χ1) is 10.9. The Morgan fingerprint density at radius 2 is 1.78 bits per heavy atom. The van der Waals surface area contributed by atoms with Crippen LogP contribution in [0.3, 0.4) is 0 Å². The van der Waals surface area contributed by atoms with Crippen molar-refractivity contribution in [3.05, 3.63) is 73.8 Å². The van der Waals surface area contributed by atoms with Gasteiger partial charge in [0.2, 0.25) is 0 Å². The number of halogens is 2. The first-order valence-corrected chi connectivity index (χ1v) is 7.66. The molecule has 7 heteroatoms. The Bertz CT molecular complexity index is 691. The second-order valence-corrected chi connectivity index (χ2v) is 5.99. The topological polar surface area (TPSA) is 83.6 Å². The van der Waals surface area contributed by atoms with Gasteiger partial charge in [0, 0.05) is 28.1 Å². The van der Waals surface area contributed by atoms with E-state index in [0.717, 1.165) is 0 Å². The summed E-state index contributed by atoms with van der Waals surface area (Å²) in [5, 5.41) is 31.4. The number of aliphatic hydroxyl groups excluding tert-OH is 2. The molecule has 0 amide bonds. The fourth-order valence-electron chi connectivity index (χ4n) is 2.35. The minimum absolute atomic E-state index is 0.0215. The van der Waals surface area contributed by atoms with Crippen molar-refractivity contribution >= 4 is 28.9 Å². The first kappa shape index (κ1) is 17.7. The van der Waals surface area contributed by atoms with E-state index in [1.807, 2.05) is 0 Å². The number of nitrogens with zero attached hydrogens (tertiary/aromatic N) is 1. The normalized spacial score (nSPS) is 13.6. The number of hydrogen-bond acceptors (Lipinski definition) is 4. The molecule has 2 N–H and O–H groups in total. The molecule has 0 bridgehead atoms. The molecule has 2 aromatic carbocycles. The zero-order valence-corrected chi connectivity index (χ0v) is 13.5. The van der Waals surface area contributed by atoms with Crippen LogP contribution in [0.15, 0.2) is 42.5 Å². The van der Waals surface area contributed by atoms with Gasteiger partial charge in [-0.3, -0.25) is 10.1 Å². The maximum absolute atomic E-state index is 10.7. The Balaban J connectivity index is 2.16. The van der Waals surface area contributed by atoms with Crippen molar-refractivity contribution in [2.75, 3.05) is 6.61 Å². The van der Waals surface area contributed by atoms with Crippen LogP contribution >= 0.6 is 23.2 Å². The van der Waals surface area contributed by atoms with Gasteiger partial charge in [-0.25, -0.2) is 0 Å². The van der Waals surface area contributed by atoms with Crippen molar-refractivity contribution in [2.45, 2.75) is 18.4 Å². The molecule has 2 atom stereocenters. The van der Waals surface area contributed by atoms with Crippen LogP contribution in [0.4, 0.5) is 5.69 Å². The number of nitro benzene ring substituents is 1. The molecule has 0 aliphatic heterocycles. The number of nitro groups is 1. The number of hydrogen-bond donors (Lipinski definition) is 2. The van der Waals surface area contributed by atoms with Crippen molar-refractivity contribution in [3.63, 3.8) is 0 Å². The van der Waals surface area contributed by atoms with Crippen LogP contribution in [0.1, 0.15) is 29.6 Å². The fraction of sp³-hybridized carbons (Fsp3) is 0.250. The molecular weight excluding hydrogens is 341 g/mol. The smallest absolute Gasteiger partial charge is 0.269 e. The zero-order chi connectivity index (χ0) is 17.0. The van der Waals surface area contributed by atoms with Gasteiger partial charge >= 0.3 is 0 Å². The minimum atomic E-state index is -0.882. The molecule has 122 valence electrons. The molecule has 0 saturated heterocycles. The standard InChI is InChI=1S/C16H15Cl2NO4/c17-12-3-6-14(15(18)8-12)16(21)7-11(9-20)10-1-4-13(5-2-10)19(22)23/h1-6,8,11,16,20-21H,7,9H2. The van der Waals surface area contributed by atoms with E-state index in [1.165, 1.54) is 12.1 Å². The Morgan fingerprint density at radius 3 is 2.30 bits per heavy atom. The van der Waals surface area contributed by atoms with Crippen LogP contribution in [0.5, 0.6) is 0 Å². The molecule has 0 heterocycles. The van der Waals surface area contributed by atoms with Crippen molar-refractivity contribution < 1.29 is 15.1 Å². The van der Waals surface area contributed by atoms with Crippen LogP contribution in [-0.4, -0.2) is 21.7 Å². The van der Waals surface area contributed by atoms with Gasteiger partial charge in [-0.1, -0.05) is 41.4 Å². The molecule has 0 spiro atoms. The molecule has 0 saturated carbocycles. The van der Waals surface area contributed by atoms with Crippen LogP contribution < -0.4 is 0 Å². The maximum atomic E-state index is 10.7. The van der Waals surface area contributed by atoms with E-state index in [0.29, 0.717) is 21.2 Å². The lowest BCUT2D eigenvalue weighted by Gasteiger charge is -2.20. The van der Waals surface area contributed by atoms with Gasteiger partial charge in [-0.05, 0) is 29.7 Å². The van der Waals surface area contributed by atoms with Gasteiger partial charge in [0.05, 0.1) is 17.6 Å². The third-order valence-electron chi connectivity index (χ3n) is 3.62. The van der Waals surface area contributed by atoms with Crippen LogP contribution in [0, 0.1) is 10.1 Å². The van der Waals surface area contributed by atoms with E-state index in [-0.39, 0.29) is 24.6 Å². The summed E-state index contributed by atoms with van der Waals surface area (Å²) in [6, 6.07) is 10.7. The van der Waals surface area contributed by atoms with E-state index in [2.05, 4.69) is 0 Å². The summed E-state index contributed by atoms with van der Waals surface area (Å²) in [5.41, 5.74) is 1.21. The summed E-state index contributed by atoms with van der Waals surface area (Å²) < 4.78 is 0. The van der Waals surface area contributed by atoms with Crippen LogP contribution in [0.2, 0.25) is 10.0 Å². The average Bonchev–Trinajstić information content (AvgIpc) is 2.52. The summed E-state index contributed by atoms with van der Waals surface area (Å²) in [4.78, 5) is 10.2. The number of non-ortho nitro benzene ring substituents is 1. The molecule has 0 aliphatic rings. The maximum Gasteiger partial charge on any atom is 0.269 e. The van der Waals surface area contributed by atoms with Crippen molar-refractivity contribution in [2.24, 2.45) is 0 Å². The molecule has 0 aliphatic carbocycles. The summed E-state index contributed by atoms with van der Waals surface area (Å²) in [5.74, 6) is -0.363. The van der Waals surface area contributed by atoms with Gasteiger partial charge in [-0.15, -0.1) is 0 Å². The van der Waals surface area contributed by atoms with Crippen molar-refractivity contribution in [3.8, 4) is 0 Å². The number of benzene rings is 2. The SMILES string of the molecule is O=[N+]([O-])c1ccc(C(CO)CC(O)c2ccc(Cl)cc2Cl)cc1. The lowest BCUT2D eigenvalue weighted by atomic mass is 9.91. The fourth-order valence-corrected chi connectivity index (χ4v) is 2.89. The second-order valence-electron chi connectivity index (χ2n) is 5.15. The predicted molar refractivity (Wildman–Crippen MR) is 89.0 cm³/mol. The quantitative estimate of drug-likeness (QED) is 0.603. The average molecular weight is 356 g/mol. The lowest BCUT2D eigenvalue weighted by molar-refractivity contribution is -0.384. The lowest BCUT2D eigenvalue weighted by Crippen LogP contribution is -2.10. The van der Waals surface area contributed by atoms with Gasteiger partial charge in [0.15, 0.2) is 0 Å². The Kier molecular flexibility index (Phi) is 5.96. The highest BCUT2D eigenvalue weighted by molar-refractivity contribution is 6.35. The van der Waals surface area contributed by atoms with Gasteiger partial charge < -0.3 is 10.2 Å². The highest BCUT2D eigenvalue weighted by Crippen LogP contribution is 2.33. The first-order valence-electron chi connectivity index (χ1n) is 6.90. The molecule has 2 unspecified atom stereocenters. The zero-order valence-electron chi connectivity index (χ0n) is 12.0.